The molecule has 0 N–H and O–H groups in total. The number of fused-ring (bicyclic) bond motifs is 2. The molecular weight excluding hydrogens is 545 g/mol. The van der Waals surface area contributed by atoms with Gasteiger partial charge in [0.05, 0.1) is 10.8 Å². The van der Waals surface area contributed by atoms with Crippen molar-refractivity contribution in [2.75, 3.05) is 13.8 Å². The van der Waals surface area contributed by atoms with Crippen molar-refractivity contribution in [1.29, 1.82) is 0 Å². The first kappa shape index (κ1) is 27.7. The van der Waals surface area contributed by atoms with Crippen molar-refractivity contribution in [3.05, 3.63) is 126 Å². The molecule has 5 aromatic rings. The van der Waals surface area contributed by atoms with Crippen LogP contribution < -0.4 is 25.4 Å². The van der Waals surface area contributed by atoms with Gasteiger partial charge in [-0.05, 0) is 78.6 Å². The minimum absolute atomic E-state index is 0.190. The van der Waals surface area contributed by atoms with Crippen molar-refractivity contribution in [2.24, 2.45) is 0 Å². The molecule has 0 saturated heterocycles. The first-order chi connectivity index (χ1) is 19.8. The summed E-state index contributed by atoms with van der Waals surface area (Å²) in [6, 6.07) is 40.2. The lowest BCUT2D eigenvalue weighted by Crippen LogP contribution is -2.39. The highest BCUT2D eigenvalue weighted by Crippen LogP contribution is 2.45. The maximum Gasteiger partial charge on any atom is 0.231 e. The largest absolute Gasteiger partial charge is 0.454 e. The highest BCUT2D eigenvalue weighted by atomic mass is 32.2. The Morgan fingerprint density at radius 3 is 1.93 bits per heavy atom. The maximum absolute atomic E-state index is 14.1. The Balaban J connectivity index is 1.67. The monoisotopic (exact) mass is 579 g/mol. The minimum Gasteiger partial charge on any atom is -0.454 e. The average molecular weight is 580 g/mol. The van der Waals surface area contributed by atoms with E-state index in [1.807, 2.05) is 32.1 Å². The summed E-state index contributed by atoms with van der Waals surface area (Å²) in [4.78, 5) is 0. The van der Waals surface area contributed by atoms with Crippen LogP contribution in [-0.4, -0.2) is 27.1 Å². The number of hydrogen-bond donors (Lipinski definition) is 0. The fraction of sp³-hybridized carbons (Fsp3) is 0.200. The number of benzene rings is 5. The van der Waals surface area contributed by atoms with Gasteiger partial charge in [0.1, 0.15) is 11.0 Å². The van der Waals surface area contributed by atoms with E-state index >= 15 is 0 Å². The van der Waals surface area contributed by atoms with Crippen LogP contribution in [0.25, 0.3) is 10.8 Å². The summed E-state index contributed by atoms with van der Waals surface area (Å²) in [5.74, 6) is 1.47. The van der Waals surface area contributed by atoms with Crippen molar-refractivity contribution in [3.63, 3.8) is 0 Å². The molecule has 1 heterocycles. The second-order valence-electron chi connectivity index (χ2n) is 11.1. The van der Waals surface area contributed by atoms with Gasteiger partial charge in [-0.2, -0.15) is 0 Å². The Hall–Kier alpha value is -3.50. The van der Waals surface area contributed by atoms with Gasteiger partial charge < -0.3 is 9.47 Å². The van der Waals surface area contributed by atoms with Crippen LogP contribution in [0.4, 0.5) is 0 Å². The number of hydrogen-bond acceptors (Lipinski definition) is 3. The summed E-state index contributed by atoms with van der Waals surface area (Å²) in [7, 11) is -0.287. The fourth-order valence-electron chi connectivity index (χ4n) is 5.52. The molecule has 0 aliphatic carbocycles. The Morgan fingerprint density at radius 1 is 0.732 bits per heavy atom. The van der Waals surface area contributed by atoms with Crippen LogP contribution in [0.1, 0.15) is 37.9 Å². The van der Waals surface area contributed by atoms with Crippen molar-refractivity contribution in [3.8, 4) is 11.5 Å². The maximum atomic E-state index is 14.1. The zero-order valence-corrected chi connectivity index (χ0v) is 25.5. The molecule has 0 aromatic heterocycles. The Labute approximate surface area is 246 Å². The molecule has 0 spiro atoms. The molecule has 2 unspecified atom stereocenters. The van der Waals surface area contributed by atoms with E-state index in [1.165, 1.54) is 10.6 Å². The van der Waals surface area contributed by atoms with E-state index < -0.39 is 23.7 Å². The lowest BCUT2D eigenvalue weighted by atomic mass is 9.93. The second-order valence-corrected chi connectivity index (χ2v) is 15.6. The summed E-state index contributed by atoms with van der Waals surface area (Å²) in [6.07, 6.45) is 0. The molecule has 0 radical (unpaired) electrons. The predicted octanol–water partition coefficient (Wildman–Crippen LogP) is 6.81. The first-order valence-corrected chi connectivity index (χ1v) is 16.2. The third-order valence-corrected chi connectivity index (χ3v) is 11.6. The molecule has 208 valence electrons. The van der Waals surface area contributed by atoms with E-state index in [9.17, 15) is 4.21 Å². The van der Waals surface area contributed by atoms with E-state index in [2.05, 4.69) is 115 Å². The van der Waals surface area contributed by atoms with E-state index in [1.54, 1.807) is 0 Å². The summed E-state index contributed by atoms with van der Waals surface area (Å²) in [5.41, 5.74) is 2.18. The summed E-state index contributed by atoms with van der Waals surface area (Å²) >= 11 is 0. The SMILES string of the molecule is CN(C(c1cc2c(cc1P(c1ccccc1)c1ccccc1)OCO2)c1cccc2ccccc12)S(=O)C(C)(C)C. The fourth-order valence-corrected chi connectivity index (χ4v) is 9.29. The van der Waals surface area contributed by atoms with E-state index in [0.29, 0.717) is 0 Å². The van der Waals surface area contributed by atoms with Gasteiger partial charge in [0.2, 0.25) is 6.79 Å². The van der Waals surface area contributed by atoms with Crippen molar-refractivity contribution < 1.29 is 13.7 Å². The number of nitrogens with zero attached hydrogens (tertiary/aromatic N) is 1. The third-order valence-electron chi connectivity index (χ3n) is 7.35. The quantitative estimate of drug-likeness (QED) is 0.199. The number of rotatable bonds is 7. The Morgan fingerprint density at radius 2 is 1.29 bits per heavy atom. The van der Waals surface area contributed by atoms with Crippen LogP contribution in [0.3, 0.4) is 0 Å². The minimum atomic E-state index is -1.30. The topological polar surface area (TPSA) is 38.8 Å². The average Bonchev–Trinajstić information content (AvgIpc) is 3.45. The molecule has 1 aliphatic heterocycles. The first-order valence-electron chi connectivity index (χ1n) is 13.8. The van der Waals surface area contributed by atoms with Crippen LogP contribution >= 0.6 is 7.92 Å². The van der Waals surface area contributed by atoms with E-state index in [0.717, 1.165) is 38.7 Å². The summed E-state index contributed by atoms with van der Waals surface area (Å²) in [6.45, 7) is 6.28. The molecule has 4 nitrogen and oxygen atoms in total. The highest BCUT2D eigenvalue weighted by Gasteiger charge is 2.36. The summed E-state index contributed by atoms with van der Waals surface area (Å²) < 4.78 is 27.6. The third kappa shape index (κ3) is 5.42. The molecular formula is C35H34NO3PS. The molecule has 0 fully saturated rings. The molecule has 0 amide bonds. The normalized spacial score (nSPS) is 14.5. The van der Waals surface area contributed by atoms with Crippen molar-refractivity contribution >= 4 is 45.6 Å². The molecule has 1 aliphatic rings. The van der Waals surface area contributed by atoms with Crippen LogP contribution in [0.5, 0.6) is 11.5 Å². The van der Waals surface area contributed by atoms with Crippen molar-refractivity contribution in [2.45, 2.75) is 31.6 Å². The zero-order chi connectivity index (χ0) is 28.6. The second kappa shape index (κ2) is 11.4. The molecule has 5 aromatic carbocycles. The molecule has 6 rings (SSSR count). The van der Waals surface area contributed by atoms with Crippen LogP contribution in [-0.2, 0) is 11.0 Å². The standard InChI is InChI=1S/C35H34NO3PS/c1-35(2,3)41(37)36(4)34(29-21-13-15-25-14-11-12-20-28(25)29)30-22-31-32(39-24-38-31)23-33(30)40(26-16-7-5-8-17-26)27-18-9-6-10-19-27/h5-23,34H,24H2,1-4H3. The smallest absolute Gasteiger partial charge is 0.231 e. The molecule has 0 saturated carbocycles. The van der Waals surface area contributed by atoms with E-state index in [4.69, 9.17) is 9.47 Å². The number of ether oxygens (including phenoxy) is 2. The van der Waals surface area contributed by atoms with Gasteiger partial charge in [-0.3, -0.25) is 0 Å². The molecule has 6 heteroatoms. The predicted molar refractivity (Wildman–Crippen MR) is 173 cm³/mol. The lowest BCUT2D eigenvalue weighted by Gasteiger charge is -2.35. The van der Waals surface area contributed by atoms with Crippen LogP contribution in [0.2, 0.25) is 0 Å². The van der Waals surface area contributed by atoms with Gasteiger partial charge in [-0.15, -0.1) is 0 Å². The van der Waals surface area contributed by atoms with Gasteiger partial charge in [-0.25, -0.2) is 8.51 Å². The molecule has 2 atom stereocenters. The zero-order valence-electron chi connectivity index (χ0n) is 23.8. The van der Waals surface area contributed by atoms with E-state index in [-0.39, 0.29) is 12.8 Å². The van der Waals surface area contributed by atoms with Gasteiger partial charge >= 0.3 is 0 Å². The van der Waals surface area contributed by atoms with Crippen LogP contribution in [0, 0.1) is 0 Å². The highest BCUT2D eigenvalue weighted by molar-refractivity contribution is 7.84. The van der Waals surface area contributed by atoms with Crippen molar-refractivity contribution in [1.82, 2.24) is 4.31 Å². The molecule has 0 bridgehead atoms. The Kier molecular flexibility index (Phi) is 7.70. The van der Waals surface area contributed by atoms with Gasteiger partial charge in [-0.1, -0.05) is 103 Å². The van der Waals surface area contributed by atoms with Gasteiger partial charge in [0, 0.05) is 7.05 Å². The summed E-state index contributed by atoms with van der Waals surface area (Å²) in [5, 5.41) is 5.94. The Bertz CT molecular complexity index is 1660. The lowest BCUT2D eigenvalue weighted by molar-refractivity contribution is 0.174. The molecule has 41 heavy (non-hydrogen) atoms. The van der Waals surface area contributed by atoms with Gasteiger partial charge in [0.25, 0.3) is 0 Å². The van der Waals surface area contributed by atoms with Crippen LogP contribution in [0.15, 0.2) is 115 Å². The van der Waals surface area contributed by atoms with Gasteiger partial charge in [0.15, 0.2) is 11.5 Å².